The van der Waals surface area contributed by atoms with Gasteiger partial charge in [0.05, 0.1) is 5.92 Å². The normalized spacial score (nSPS) is 20.2. The van der Waals surface area contributed by atoms with E-state index in [-0.39, 0.29) is 11.8 Å². The molecule has 16 heavy (non-hydrogen) atoms. The van der Waals surface area contributed by atoms with Crippen molar-refractivity contribution in [2.24, 2.45) is 5.92 Å². The number of nitrogens with one attached hydrogen (secondary N) is 2. The van der Waals surface area contributed by atoms with Crippen molar-refractivity contribution in [3.05, 3.63) is 35.4 Å². The zero-order chi connectivity index (χ0) is 11.0. The van der Waals surface area contributed by atoms with Crippen molar-refractivity contribution in [1.29, 1.82) is 0 Å². The van der Waals surface area contributed by atoms with Crippen LogP contribution in [0, 0.1) is 5.92 Å². The molecular formula is C13H16N2O. The molecule has 1 aliphatic heterocycles. The number of hydrogen-bond donors (Lipinski definition) is 2. The van der Waals surface area contributed by atoms with Crippen LogP contribution in [-0.4, -0.2) is 25.0 Å². The summed E-state index contributed by atoms with van der Waals surface area (Å²) in [5, 5.41) is 6.27. The summed E-state index contributed by atoms with van der Waals surface area (Å²) in [4.78, 5) is 11.8. The lowest BCUT2D eigenvalue weighted by atomic mass is 10.0. The van der Waals surface area contributed by atoms with Crippen molar-refractivity contribution in [3.63, 3.8) is 0 Å². The van der Waals surface area contributed by atoms with Gasteiger partial charge in [-0.25, -0.2) is 0 Å². The smallest absolute Gasteiger partial charge is 0.225 e. The fourth-order valence-corrected chi connectivity index (χ4v) is 2.45. The standard InChI is InChI=1S/C13H16N2O/c16-13(11-7-14-8-11)15-12-5-9-3-1-2-4-10(9)6-12/h1-4,11-12,14H,5-8H2,(H,15,16). The number of carbonyl (C=O) groups is 1. The Morgan fingerprint density at radius 1 is 1.19 bits per heavy atom. The molecule has 0 aromatic heterocycles. The van der Waals surface area contributed by atoms with Crippen LogP contribution in [0.15, 0.2) is 24.3 Å². The highest BCUT2D eigenvalue weighted by atomic mass is 16.2. The van der Waals surface area contributed by atoms with Crippen molar-refractivity contribution in [2.75, 3.05) is 13.1 Å². The average molecular weight is 216 g/mol. The lowest BCUT2D eigenvalue weighted by molar-refractivity contribution is -0.127. The van der Waals surface area contributed by atoms with Crippen LogP contribution < -0.4 is 10.6 Å². The Balaban J connectivity index is 1.61. The quantitative estimate of drug-likeness (QED) is 0.755. The Hall–Kier alpha value is -1.35. The molecule has 84 valence electrons. The van der Waals surface area contributed by atoms with Crippen molar-refractivity contribution in [3.8, 4) is 0 Å². The van der Waals surface area contributed by atoms with Crippen molar-refractivity contribution in [2.45, 2.75) is 18.9 Å². The van der Waals surface area contributed by atoms with E-state index in [4.69, 9.17) is 0 Å². The molecule has 0 saturated carbocycles. The summed E-state index contributed by atoms with van der Waals surface area (Å²) in [5.74, 6) is 0.417. The number of amides is 1. The summed E-state index contributed by atoms with van der Waals surface area (Å²) in [5.41, 5.74) is 2.78. The second-order valence-corrected chi connectivity index (χ2v) is 4.74. The third-order valence-corrected chi connectivity index (χ3v) is 3.55. The molecule has 3 nitrogen and oxygen atoms in total. The van der Waals surface area contributed by atoms with Crippen LogP contribution in [0.4, 0.5) is 0 Å². The molecule has 1 aliphatic carbocycles. The third kappa shape index (κ3) is 1.71. The highest BCUT2D eigenvalue weighted by molar-refractivity contribution is 5.80. The van der Waals surface area contributed by atoms with E-state index in [0.29, 0.717) is 6.04 Å². The van der Waals surface area contributed by atoms with Gasteiger partial charge >= 0.3 is 0 Å². The zero-order valence-corrected chi connectivity index (χ0v) is 9.20. The van der Waals surface area contributed by atoms with Crippen LogP contribution in [-0.2, 0) is 17.6 Å². The number of benzene rings is 1. The minimum atomic E-state index is 0.198. The Bertz CT molecular complexity index is 387. The molecule has 1 saturated heterocycles. The SMILES string of the molecule is O=C(NC1Cc2ccccc2C1)C1CNC1. The van der Waals surface area contributed by atoms with Gasteiger partial charge in [-0.1, -0.05) is 24.3 Å². The number of hydrogen-bond acceptors (Lipinski definition) is 2. The van der Waals surface area contributed by atoms with Gasteiger partial charge in [-0.3, -0.25) is 4.79 Å². The Labute approximate surface area is 95.2 Å². The summed E-state index contributed by atoms with van der Waals surface area (Å²) in [7, 11) is 0. The van der Waals surface area contributed by atoms with Crippen molar-refractivity contribution in [1.82, 2.24) is 10.6 Å². The van der Waals surface area contributed by atoms with Gasteiger partial charge in [-0.15, -0.1) is 0 Å². The second-order valence-electron chi connectivity index (χ2n) is 4.74. The first-order valence-corrected chi connectivity index (χ1v) is 5.91. The van der Waals surface area contributed by atoms with Crippen molar-refractivity contribution >= 4 is 5.91 Å². The molecule has 3 rings (SSSR count). The van der Waals surface area contributed by atoms with E-state index in [2.05, 4.69) is 34.9 Å². The van der Waals surface area contributed by atoms with E-state index >= 15 is 0 Å². The monoisotopic (exact) mass is 216 g/mol. The molecule has 1 amide bonds. The molecule has 1 fully saturated rings. The lowest BCUT2D eigenvalue weighted by Gasteiger charge is -2.27. The first kappa shape index (κ1) is 9.85. The Kier molecular flexibility index (Phi) is 2.40. The fraction of sp³-hybridized carbons (Fsp3) is 0.462. The first-order chi connectivity index (χ1) is 7.83. The molecule has 1 heterocycles. The lowest BCUT2D eigenvalue weighted by Crippen LogP contribution is -2.52. The molecule has 0 radical (unpaired) electrons. The van der Waals surface area contributed by atoms with Gasteiger partial charge < -0.3 is 10.6 Å². The van der Waals surface area contributed by atoms with E-state index in [0.717, 1.165) is 25.9 Å². The van der Waals surface area contributed by atoms with Gasteiger partial charge in [0.1, 0.15) is 0 Å². The molecule has 0 bridgehead atoms. The van der Waals surface area contributed by atoms with E-state index in [1.807, 2.05) is 0 Å². The van der Waals surface area contributed by atoms with Crippen molar-refractivity contribution < 1.29 is 4.79 Å². The van der Waals surface area contributed by atoms with E-state index in [9.17, 15) is 4.79 Å². The maximum absolute atomic E-state index is 11.8. The van der Waals surface area contributed by atoms with Gasteiger partial charge in [0, 0.05) is 19.1 Å². The topological polar surface area (TPSA) is 41.1 Å². The van der Waals surface area contributed by atoms with Gasteiger partial charge in [0.2, 0.25) is 5.91 Å². The predicted molar refractivity (Wildman–Crippen MR) is 62.1 cm³/mol. The second kappa shape index (κ2) is 3.91. The van der Waals surface area contributed by atoms with Crippen LogP contribution in [0.25, 0.3) is 0 Å². The van der Waals surface area contributed by atoms with Gasteiger partial charge in [-0.05, 0) is 24.0 Å². The Morgan fingerprint density at radius 3 is 2.31 bits per heavy atom. The first-order valence-electron chi connectivity index (χ1n) is 5.91. The highest BCUT2D eigenvalue weighted by Gasteiger charge is 2.28. The summed E-state index contributed by atoms with van der Waals surface area (Å²) in [6, 6.07) is 8.77. The molecule has 2 aliphatic rings. The molecule has 0 spiro atoms. The van der Waals surface area contributed by atoms with Crippen LogP contribution in [0.5, 0.6) is 0 Å². The van der Waals surface area contributed by atoms with Gasteiger partial charge in [-0.2, -0.15) is 0 Å². The number of carbonyl (C=O) groups excluding carboxylic acids is 1. The maximum Gasteiger partial charge on any atom is 0.225 e. The molecule has 3 heteroatoms. The van der Waals surface area contributed by atoms with Gasteiger partial charge in [0.15, 0.2) is 0 Å². The van der Waals surface area contributed by atoms with Crippen LogP contribution >= 0.6 is 0 Å². The van der Waals surface area contributed by atoms with Crippen LogP contribution in [0.3, 0.4) is 0 Å². The number of rotatable bonds is 2. The van der Waals surface area contributed by atoms with E-state index in [1.54, 1.807) is 0 Å². The van der Waals surface area contributed by atoms with E-state index < -0.39 is 0 Å². The van der Waals surface area contributed by atoms with Gasteiger partial charge in [0.25, 0.3) is 0 Å². The molecule has 0 unspecified atom stereocenters. The van der Waals surface area contributed by atoms with Crippen LogP contribution in [0.1, 0.15) is 11.1 Å². The minimum Gasteiger partial charge on any atom is -0.352 e. The maximum atomic E-state index is 11.8. The molecule has 2 N–H and O–H groups in total. The van der Waals surface area contributed by atoms with Crippen LogP contribution in [0.2, 0.25) is 0 Å². The summed E-state index contributed by atoms with van der Waals surface area (Å²) >= 11 is 0. The molecular weight excluding hydrogens is 200 g/mol. The third-order valence-electron chi connectivity index (χ3n) is 3.55. The number of fused-ring (bicyclic) bond motifs is 1. The minimum absolute atomic E-state index is 0.198. The average Bonchev–Trinajstić information content (AvgIpc) is 2.56. The molecule has 0 atom stereocenters. The molecule has 1 aromatic carbocycles. The highest BCUT2D eigenvalue weighted by Crippen LogP contribution is 2.21. The Morgan fingerprint density at radius 2 is 1.81 bits per heavy atom. The van der Waals surface area contributed by atoms with E-state index in [1.165, 1.54) is 11.1 Å². The zero-order valence-electron chi connectivity index (χ0n) is 9.20. The summed E-state index contributed by atoms with van der Waals surface area (Å²) in [6.07, 6.45) is 1.98. The summed E-state index contributed by atoms with van der Waals surface area (Å²) in [6.45, 7) is 1.68. The fourth-order valence-electron chi connectivity index (χ4n) is 2.45. The summed E-state index contributed by atoms with van der Waals surface area (Å²) < 4.78 is 0. The predicted octanol–water partition coefficient (Wildman–Crippen LogP) is 0.489. The molecule has 1 aromatic rings. The largest absolute Gasteiger partial charge is 0.352 e.